The van der Waals surface area contributed by atoms with E-state index >= 15 is 0 Å². The number of H-pyrrole nitrogens is 1. The number of imidazole rings is 1. The van der Waals surface area contributed by atoms with Crippen molar-refractivity contribution in [2.75, 3.05) is 31.9 Å². The average molecular weight is 390 g/mol. The number of hydrogen-bond donors (Lipinski definition) is 1. The average Bonchev–Trinajstić information content (AvgIpc) is 2.89. The molecule has 0 atom stereocenters. The number of nitrogens with zero attached hydrogens (tertiary/aromatic N) is 3. The van der Waals surface area contributed by atoms with Gasteiger partial charge in [-0.15, -0.1) is 0 Å². The van der Waals surface area contributed by atoms with Gasteiger partial charge < -0.3 is 4.98 Å². The molecular formula is C11H17F3N4O4S2. The summed E-state index contributed by atoms with van der Waals surface area (Å²) in [6.45, 7) is -0.262. The summed E-state index contributed by atoms with van der Waals surface area (Å²) in [6.07, 6.45) is -3.45. The fourth-order valence-electron chi connectivity index (χ4n) is 2.29. The molecule has 0 unspecified atom stereocenters. The van der Waals surface area contributed by atoms with E-state index in [-0.39, 0.29) is 37.6 Å². The second-order valence-corrected chi connectivity index (χ2v) is 9.25. The lowest BCUT2D eigenvalue weighted by atomic mass is 10.4. The van der Waals surface area contributed by atoms with E-state index in [4.69, 9.17) is 0 Å². The largest absolute Gasteiger partial charge is 0.390 e. The summed E-state index contributed by atoms with van der Waals surface area (Å²) in [5, 5.41) is -0.115. The minimum absolute atomic E-state index is 0.0187. The van der Waals surface area contributed by atoms with Crippen LogP contribution >= 0.6 is 0 Å². The molecule has 138 valence electrons. The van der Waals surface area contributed by atoms with Gasteiger partial charge in [0.25, 0.3) is 10.0 Å². The number of aromatic nitrogens is 2. The van der Waals surface area contributed by atoms with Crippen molar-refractivity contribution < 1.29 is 30.0 Å². The van der Waals surface area contributed by atoms with Crippen LogP contribution in [0.3, 0.4) is 0 Å². The Kier molecular flexibility index (Phi) is 5.57. The van der Waals surface area contributed by atoms with Crippen LogP contribution in [0, 0.1) is 0 Å². The van der Waals surface area contributed by atoms with Crippen molar-refractivity contribution in [1.82, 2.24) is 18.6 Å². The number of aromatic amines is 1. The maximum Gasteiger partial charge on any atom is 0.390 e. The summed E-state index contributed by atoms with van der Waals surface area (Å²) < 4.78 is 87.4. The molecule has 0 bridgehead atoms. The van der Waals surface area contributed by atoms with Crippen molar-refractivity contribution in [3.8, 4) is 0 Å². The van der Waals surface area contributed by atoms with Crippen LogP contribution in [0.1, 0.15) is 12.8 Å². The maximum atomic E-state index is 12.4. The number of alkyl halides is 3. The van der Waals surface area contributed by atoms with Crippen molar-refractivity contribution in [2.45, 2.75) is 24.0 Å². The quantitative estimate of drug-likeness (QED) is 0.783. The Balaban J connectivity index is 2.05. The smallest absolute Gasteiger partial charge is 0.335 e. The number of sulfonamides is 2. The van der Waals surface area contributed by atoms with Gasteiger partial charge in [-0.25, -0.2) is 26.1 Å². The molecule has 0 saturated carbocycles. The highest BCUT2D eigenvalue weighted by atomic mass is 32.2. The van der Waals surface area contributed by atoms with E-state index in [1.807, 2.05) is 0 Å². The molecule has 1 aromatic heterocycles. The summed E-state index contributed by atoms with van der Waals surface area (Å²) in [6, 6.07) is 0. The Morgan fingerprint density at radius 2 is 1.71 bits per heavy atom. The van der Waals surface area contributed by atoms with E-state index in [1.165, 1.54) is 6.33 Å². The van der Waals surface area contributed by atoms with E-state index in [1.54, 1.807) is 0 Å². The molecule has 0 spiro atoms. The summed E-state index contributed by atoms with van der Waals surface area (Å²) in [4.78, 5) is 6.11. The maximum absolute atomic E-state index is 12.4. The monoisotopic (exact) mass is 390 g/mol. The minimum Gasteiger partial charge on any atom is -0.335 e. The van der Waals surface area contributed by atoms with E-state index in [2.05, 4.69) is 9.97 Å². The molecular weight excluding hydrogens is 373 g/mol. The third kappa shape index (κ3) is 4.68. The molecule has 1 fully saturated rings. The van der Waals surface area contributed by atoms with Crippen molar-refractivity contribution in [2.24, 2.45) is 0 Å². The zero-order chi connectivity index (χ0) is 18.0. The first-order chi connectivity index (χ1) is 11.0. The molecule has 0 amide bonds. The van der Waals surface area contributed by atoms with Crippen molar-refractivity contribution in [3.63, 3.8) is 0 Å². The molecule has 8 nitrogen and oxygen atoms in total. The molecule has 0 radical (unpaired) electrons. The topological polar surface area (TPSA) is 103 Å². The highest BCUT2D eigenvalue weighted by Gasteiger charge is 2.34. The second-order valence-electron chi connectivity index (χ2n) is 5.25. The SMILES string of the molecule is O=S(=O)(CCC(F)(F)F)N1CCCN(S(=O)(=O)c2cnc[nH]2)CC1. The van der Waals surface area contributed by atoms with Crippen LogP contribution in [0.25, 0.3) is 0 Å². The normalized spacial score (nSPS) is 19.3. The lowest BCUT2D eigenvalue weighted by molar-refractivity contribution is -0.130. The van der Waals surface area contributed by atoms with Crippen molar-refractivity contribution in [1.29, 1.82) is 0 Å². The molecule has 13 heteroatoms. The Bertz CT molecular complexity index is 747. The molecule has 0 aromatic carbocycles. The van der Waals surface area contributed by atoms with E-state index in [0.717, 1.165) is 14.8 Å². The Morgan fingerprint density at radius 1 is 1.08 bits per heavy atom. The van der Waals surface area contributed by atoms with Gasteiger partial charge in [0.15, 0.2) is 5.03 Å². The van der Waals surface area contributed by atoms with Crippen LogP contribution in [0.15, 0.2) is 17.6 Å². The van der Waals surface area contributed by atoms with Gasteiger partial charge in [0.05, 0.1) is 24.7 Å². The Morgan fingerprint density at radius 3 is 2.29 bits per heavy atom. The number of halogens is 3. The van der Waals surface area contributed by atoms with E-state index < -0.39 is 38.4 Å². The lowest BCUT2D eigenvalue weighted by Gasteiger charge is -2.21. The van der Waals surface area contributed by atoms with Crippen LogP contribution in [0.5, 0.6) is 0 Å². The zero-order valence-corrected chi connectivity index (χ0v) is 14.2. The van der Waals surface area contributed by atoms with E-state index in [0.29, 0.717) is 0 Å². The van der Waals surface area contributed by atoms with Crippen molar-refractivity contribution >= 4 is 20.0 Å². The Hall–Kier alpha value is -1.18. The van der Waals surface area contributed by atoms with Gasteiger partial charge in [0.1, 0.15) is 0 Å². The predicted octanol–water partition coefficient (Wildman–Crippen LogP) is 0.388. The van der Waals surface area contributed by atoms with Gasteiger partial charge in [-0.2, -0.15) is 17.5 Å². The molecule has 0 aliphatic carbocycles. The van der Waals surface area contributed by atoms with Gasteiger partial charge in [-0.3, -0.25) is 0 Å². The first kappa shape index (κ1) is 19.1. The minimum atomic E-state index is -4.56. The Labute approximate surface area is 137 Å². The molecule has 1 N–H and O–H groups in total. The van der Waals surface area contributed by atoms with E-state index in [9.17, 15) is 30.0 Å². The van der Waals surface area contributed by atoms with Crippen molar-refractivity contribution in [3.05, 3.63) is 12.5 Å². The van der Waals surface area contributed by atoms with Crippen LogP contribution in [-0.4, -0.2) is 73.5 Å². The molecule has 2 rings (SSSR count). The van der Waals surface area contributed by atoms with Gasteiger partial charge in [-0.05, 0) is 6.42 Å². The third-order valence-corrected chi connectivity index (χ3v) is 7.24. The van der Waals surface area contributed by atoms with Crippen LogP contribution < -0.4 is 0 Å². The fraction of sp³-hybridized carbons (Fsp3) is 0.727. The molecule has 1 aromatic rings. The number of nitrogens with one attached hydrogen (secondary N) is 1. The van der Waals surface area contributed by atoms with Crippen LogP contribution in [-0.2, 0) is 20.0 Å². The van der Waals surface area contributed by atoms with Crippen LogP contribution in [0.4, 0.5) is 13.2 Å². The first-order valence-corrected chi connectivity index (χ1v) is 10.1. The first-order valence-electron chi connectivity index (χ1n) is 7.05. The highest BCUT2D eigenvalue weighted by molar-refractivity contribution is 7.89. The third-order valence-electron chi connectivity index (χ3n) is 3.54. The number of rotatable bonds is 5. The predicted molar refractivity (Wildman–Crippen MR) is 78.0 cm³/mol. The summed E-state index contributed by atoms with van der Waals surface area (Å²) in [7, 11) is -7.92. The van der Waals surface area contributed by atoms with Gasteiger partial charge >= 0.3 is 6.18 Å². The van der Waals surface area contributed by atoms with Crippen LogP contribution in [0.2, 0.25) is 0 Å². The molecule has 2 heterocycles. The summed E-state index contributed by atoms with van der Waals surface area (Å²) >= 11 is 0. The highest BCUT2D eigenvalue weighted by Crippen LogP contribution is 2.22. The fourth-order valence-corrected chi connectivity index (χ4v) is 5.17. The van der Waals surface area contributed by atoms with Gasteiger partial charge in [0.2, 0.25) is 10.0 Å². The molecule has 24 heavy (non-hydrogen) atoms. The molecule has 1 aliphatic rings. The summed E-state index contributed by atoms with van der Waals surface area (Å²) in [5.74, 6) is -1.04. The van der Waals surface area contributed by atoms with Gasteiger partial charge in [-0.1, -0.05) is 0 Å². The van der Waals surface area contributed by atoms with Gasteiger partial charge in [0, 0.05) is 26.2 Å². The lowest BCUT2D eigenvalue weighted by Crippen LogP contribution is -2.38. The molecule has 1 saturated heterocycles. The zero-order valence-electron chi connectivity index (χ0n) is 12.5. The number of hydrogen-bond acceptors (Lipinski definition) is 5. The molecule has 1 aliphatic heterocycles. The second kappa shape index (κ2) is 6.98. The summed E-state index contributed by atoms with van der Waals surface area (Å²) in [5.41, 5.74) is 0. The standard InChI is InChI=1S/C11H17F3N4O4S2/c12-11(13,14)2-7-23(19,20)17-3-1-4-18(6-5-17)24(21,22)10-8-15-9-16-10/h8-9H,1-7H2,(H,15,16).